The topological polar surface area (TPSA) is 52.3 Å². The fraction of sp³-hybridized carbons (Fsp3) is 0.0625. The monoisotopic (exact) mass is 386 g/mol. The van der Waals surface area contributed by atoms with Crippen molar-refractivity contribution in [3.63, 3.8) is 0 Å². The van der Waals surface area contributed by atoms with Gasteiger partial charge in [0.1, 0.15) is 17.4 Å². The number of fused-ring (bicyclic) bond motifs is 1. The summed E-state index contributed by atoms with van der Waals surface area (Å²) in [5, 5.41) is 13.8. The molecule has 2 aromatic heterocycles. The van der Waals surface area contributed by atoms with Crippen molar-refractivity contribution in [2.75, 3.05) is 0 Å². The first-order valence-corrected chi connectivity index (χ1v) is 8.55. The smallest absolute Gasteiger partial charge is 0.235 e. The van der Waals surface area contributed by atoms with Crippen LogP contribution in [0, 0.1) is 0 Å². The molecule has 5 nitrogen and oxygen atoms in total. The molecule has 0 radical (unpaired) electrons. The van der Waals surface area contributed by atoms with Crippen LogP contribution < -0.4 is 4.74 Å². The van der Waals surface area contributed by atoms with E-state index in [-0.39, 0.29) is 0 Å². The number of hydrogen-bond donors (Lipinski definition) is 0. The van der Waals surface area contributed by atoms with Gasteiger partial charge >= 0.3 is 0 Å². The van der Waals surface area contributed by atoms with Gasteiger partial charge in [-0.15, -0.1) is 10.2 Å². The van der Waals surface area contributed by atoms with E-state index in [0.29, 0.717) is 12.4 Å². The van der Waals surface area contributed by atoms with Crippen LogP contribution in [0.5, 0.6) is 5.75 Å². The Kier molecular flexibility index (Phi) is 3.80. The molecule has 2 heterocycles. The lowest BCUT2D eigenvalue weighted by Crippen LogP contribution is -2.02. The third-order valence-electron chi connectivity index (χ3n) is 3.26. The lowest BCUT2D eigenvalue weighted by atomic mass is 10.2. The first-order valence-electron chi connectivity index (χ1n) is 6.94. The van der Waals surface area contributed by atoms with E-state index in [4.69, 9.17) is 4.74 Å². The minimum absolute atomic E-state index is 0.320. The second-order valence-corrected chi connectivity index (χ2v) is 6.70. The summed E-state index contributed by atoms with van der Waals surface area (Å²) in [4.78, 5) is 0.762. The summed E-state index contributed by atoms with van der Waals surface area (Å²) < 4.78 is 8.51. The van der Waals surface area contributed by atoms with Gasteiger partial charge in [-0.3, -0.25) is 0 Å². The average Bonchev–Trinajstić information content (AvgIpc) is 3.16. The van der Waals surface area contributed by atoms with Gasteiger partial charge in [0, 0.05) is 10.0 Å². The van der Waals surface area contributed by atoms with Crippen molar-refractivity contribution in [1.82, 2.24) is 19.8 Å². The van der Waals surface area contributed by atoms with Gasteiger partial charge in [0.2, 0.25) is 4.96 Å². The maximum Gasteiger partial charge on any atom is 0.235 e. The van der Waals surface area contributed by atoms with Gasteiger partial charge in [0.25, 0.3) is 0 Å². The zero-order valence-corrected chi connectivity index (χ0v) is 14.3. The SMILES string of the molecule is Brc1ccc(OCc2nnc3sc(-c4ccccc4)nn23)cc1. The van der Waals surface area contributed by atoms with Crippen molar-refractivity contribution in [2.24, 2.45) is 0 Å². The van der Waals surface area contributed by atoms with Crippen LogP contribution in [0.2, 0.25) is 0 Å². The maximum atomic E-state index is 5.75. The normalized spacial score (nSPS) is 11.0. The fourth-order valence-electron chi connectivity index (χ4n) is 2.12. The lowest BCUT2D eigenvalue weighted by molar-refractivity contribution is 0.293. The van der Waals surface area contributed by atoms with E-state index in [9.17, 15) is 0 Å². The summed E-state index contributed by atoms with van der Waals surface area (Å²) in [6.07, 6.45) is 0. The number of halogens is 1. The maximum absolute atomic E-state index is 5.75. The van der Waals surface area contributed by atoms with Gasteiger partial charge in [0.05, 0.1) is 0 Å². The van der Waals surface area contributed by atoms with Crippen molar-refractivity contribution in [3.8, 4) is 16.3 Å². The Balaban J connectivity index is 1.58. The third-order valence-corrected chi connectivity index (χ3v) is 4.73. The van der Waals surface area contributed by atoms with Crippen LogP contribution in [-0.4, -0.2) is 19.8 Å². The molecular weight excluding hydrogens is 376 g/mol. The Morgan fingerprint density at radius 3 is 2.57 bits per heavy atom. The van der Waals surface area contributed by atoms with Crippen LogP contribution in [0.4, 0.5) is 0 Å². The molecule has 0 saturated heterocycles. The number of aromatic nitrogens is 4. The minimum Gasteiger partial charge on any atom is -0.486 e. The van der Waals surface area contributed by atoms with Crippen molar-refractivity contribution < 1.29 is 4.74 Å². The summed E-state index contributed by atoms with van der Waals surface area (Å²) in [6.45, 7) is 0.320. The van der Waals surface area contributed by atoms with E-state index < -0.39 is 0 Å². The molecule has 0 unspecified atom stereocenters. The Hall–Kier alpha value is -2.25. The Labute approximate surface area is 144 Å². The average molecular weight is 387 g/mol. The molecule has 23 heavy (non-hydrogen) atoms. The lowest BCUT2D eigenvalue weighted by Gasteiger charge is -2.03. The number of hydrogen-bond acceptors (Lipinski definition) is 5. The van der Waals surface area contributed by atoms with Crippen molar-refractivity contribution >= 4 is 32.2 Å². The van der Waals surface area contributed by atoms with E-state index in [1.165, 1.54) is 11.3 Å². The second kappa shape index (κ2) is 6.10. The zero-order chi connectivity index (χ0) is 15.6. The summed E-state index contributed by atoms with van der Waals surface area (Å²) >= 11 is 4.91. The van der Waals surface area contributed by atoms with Gasteiger partial charge in [-0.25, -0.2) is 0 Å². The summed E-state index contributed by atoms with van der Waals surface area (Å²) in [6, 6.07) is 17.7. The van der Waals surface area contributed by atoms with E-state index >= 15 is 0 Å². The molecule has 0 aliphatic heterocycles. The second-order valence-electron chi connectivity index (χ2n) is 4.83. The van der Waals surface area contributed by atoms with E-state index in [1.807, 2.05) is 54.6 Å². The highest BCUT2D eigenvalue weighted by Gasteiger charge is 2.13. The largest absolute Gasteiger partial charge is 0.486 e. The molecule has 4 aromatic rings. The van der Waals surface area contributed by atoms with Gasteiger partial charge in [-0.1, -0.05) is 57.6 Å². The highest BCUT2D eigenvalue weighted by atomic mass is 79.9. The summed E-state index contributed by atoms with van der Waals surface area (Å²) in [5.74, 6) is 1.46. The zero-order valence-electron chi connectivity index (χ0n) is 11.9. The minimum atomic E-state index is 0.320. The van der Waals surface area contributed by atoms with Crippen LogP contribution >= 0.6 is 27.3 Å². The molecule has 0 aliphatic carbocycles. The van der Waals surface area contributed by atoms with Crippen LogP contribution in [-0.2, 0) is 6.61 Å². The first kappa shape index (κ1) is 14.3. The summed E-state index contributed by atoms with van der Waals surface area (Å²) in [5.41, 5.74) is 1.07. The number of nitrogens with zero attached hydrogens (tertiary/aromatic N) is 4. The quantitative estimate of drug-likeness (QED) is 0.527. The molecule has 0 atom stereocenters. The molecule has 0 saturated carbocycles. The van der Waals surface area contributed by atoms with E-state index in [2.05, 4.69) is 31.2 Å². The molecule has 0 N–H and O–H groups in total. The molecule has 0 spiro atoms. The molecule has 0 amide bonds. The fourth-order valence-corrected chi connectivity index (χ4v) is 3.25. The first-order chi connectivity index (χ1) is 11.3. The van der Waals surface area contributed by atoms with Crippen molar-refractivity contribution in [1.29, 1.82) is 0 Å². The predicted octanol–water partition coefficient (Wildman–Crippen LogP) is 4.19. The standard InChI is InChI=1S/C16H11BrN4OS/c17-12-6-8-13(9-7-12)22-10-14-18-19-16-21(14)20-15(23-16)11-4-2-1-3-5-11/h1-9H,10H2. The number of ether oxygens (including phenoxy) is 1. The van der Waals surface area contributed by atoms with E-state index in [1.54, 1.807) is 4.52 Å². The highest BCUT2D eigenvalue weighted by molar-refractivity contribution is 9.10. The Morgan fingerprint density at radius 1 is 1.00 bits per heavy atom. The van der Waals surface area contributed by atoms with Crippen LogP contribution in [0.3, 0.4) is 0 Å². The number of rotatable bonds is 4. The van der Waals surface area contributed by atoms with Crippen LogP contribution in [0.1, 0.15) is 5.82 Å². The Bertz CT molecular complexity index is 934. The van der Waals surface area contributed by atoms with Crippen LogP contribution in [0.15, 0.2) is 59.1 Å². The molecule has 7 heteroatoms. The molecular formula is C16H11BrN4OS. The van der Waals surface area contributed by atoms with Gasteiger partial charge in [-0.05, 0) is 24.3 Å². The molecule has 0 bridgehead atoms. The van der Waals surface area contributed by atoms with E-state index in [0.717, 1.165) is 25.8 Å². The van der Waals surface area contributed by atoms with Gasteiger partial charge in [-0.2, -0.15) is 9.61 Å². The predicted molar refractivity (Wildman–Crippen MR) is 92.6 cm³/mol. The highest BCUT2D eigenvalue weighted by Crippen LogP contribution is 2.25. The third kappa shape index (κ3) is 2.97. The molecule has 2 aromatic carbocycles. The van der Waals surface area contributed by atoms with Crippen molar-refractivity contribution in [3.05, 3.63) is 64.9 Å². The van der Waals surface area contributed by atoms with Crippen molar-refractivity contribution in [2.45, 2.75) is 6.61 Å². The summed E-state index contributed by atoms with van der Waals surface area (Å²) in [7, 11) is 0. The Morgan fingerprint density at radius 2 is 1.78 bits per heavy atom. The molecule has 0 aliphatic rings. The van der Waals surface area contributed by atoms with Crippen LogP contribution in [0.25, 0.3) is 15.5 Å². The van der Waals surface area contributed by atoms with Gasteiger partial charge in [0.15, 0.2) is 5.82 Å². The molecule has 114 valence electrons. The van der Waals surface area contributed by atoms with Gasteiger partial charge < -0.3 is 4.74 Å². The molecule has 4 rings (SSSR count). The number of benzene rings is 2. The molecule has 0 fully saturated rings.